The lowest BCUT2D eigenvalue weighted by Gasteiger charge is -2.37. The highest BCUT2D eigenvalue weighted by Crippen LogP contribution is 2.27. The van der Waals surface area contributed by atoms with Crippen LogP contribution in [0.15, 0.2) is 11.8 Å². The second-order valence-electron chi connectivity index (χ2n) is 6.54. The maximum Gasteiger partial charge on any atom is 0.370 e. The van der Waals surface area contributed by atoms with Gasteiger partial charge in [-0.2, -0.15) is 0 Å². The van der Waals surface area contributed by atoms with E-state index in [4.69, 9.17) is 20.0 Å². The average molecular weight is 402 g/mol. The van der Waals surface area contributed by atoms with Gasteiger partial charge in [-0.05, 0) is 12.5 Å². The van der Waals surface area contributed by atoms with Gasteiger partial charge in [0, 0.05) is 25.5 Å². The van der Waals surface area contributed by atoms with Crippen LogP contribution in [-0.4, -0.2) is 65.3 Å². The number of aliphatic hydroxyl groups is 1. The van der Waals surface area contributed by atoms with Crippen molar-refractivity contribution < 1.29 is 38.5 Å². The number of aliphatic carboxylic acids is 1. The number of amides is 1. The fraction of sp³-hybridized carbons (Fsp3) is 0.667. The van der Waals surface area contributed by atoms with Crippen molar-refractivity contribution in [3.05, 3.63) is 11.8 Å². The van der Waals surface area contributed by atoms with E-state index in [9.17, 15) is 23.9 Å². The molecule has 28 heavy (non-hydrogen) atoms. The summed E-state index contributed by atoms with van der Waals surface area (Å²) in [4.78, 5) is 34.3. The SMILES string of the molecule is CCCCCC(=O)OCC(O)C(F)C1OC(C(=O)O)=CC(C=N)C1NC(C)=O. The van der Waals surface area contributed by atoms with Gasteiger partial charge in [0.15, 0.2) is 12.3 Å². The zero-order chi connectivity index (χ0) is 21.3. The summed E-state index contributed by atoms with van der Waals surface area (Å²) in [5.41, 5.74) is 0. The van der Waals surface area contributed by atoms with Gasteiger partial charge in [0.05, 0.1) is 6.04 Å². The second-order valence-corrected chi connectivity index (χ2v) is 6.54. The van der Waals surface area contributed by atoms with E-state index >= 15 is 0 Å². The summed E-state index contributed by atoms with van der Waals surface area (Å²) < 4.78 is 24.9. The van der Waals surface area contributed by atoms with Gasteiger partial charge in [0.25, 0.3) is 0 Å². The molecular weight excluding hydrogens is 375 g/mol. The largest absolute Gasteiger partial charge is 0.478 e. The van der Waals surface area contributed by atoms with Crippen LogP contribution < -0.4 is 5.32 Å². The number of esters is 1. The molecule has 0 aromatic heterocycles. The molecule has 10 heteroatoms. The highest BCUT2D eigenvalue weighted by Gasteiger charge is 2.44. The predicted molar refractivity (Wildman–Crippen MR) is 96.5 cm³/mol. The van der Waals surface area contributed by atoms with Crippen LogP contribution in [0.5, 0.6) is 0 Å². The summed E-state index contributed by atoms with van der Waals surface area (Å²) >= 11 is 0. The maximum absolute atomic E-state index is 14.9. The summed E-state index contributed by atoms with van der Waals surface area (Å²) in [5.74, 6) is -4.13. The molecule has 158 valence electrons. The summed E-state index contributed by atoms with van der Waals surface area (Å²) in [6.45, 7) is 2.51. The Morgan fingerprint density at radius 1 is 1.43 bits per heavy atom. The molecule has 5 unspecified atom stereocenters. The fourth-order valence-electron chi connectivity index (χ4n) is 2.79. The monoisotopic (exact) mass is 402 g/mol. The van der Waals surface area contributed by atoms with Crippen LogP contribution in [0.4, 0.5) is 4.39 Å². The molecule has 0 saturated heterocycles. The minimum absolute atomic E-state index is 0.147. The Morgan fingerprint density at radius 2 is 2.11 bits per heavy atom. The summed E-state index contributed by atoms with van der Waals surface area (Å²) in [5, 5.41) is 29.0. The summed E-state index contributed by atoms with van der Waals surface area (Å²) in [7, 11) is 0. The quantitative estimate of drug-likeness (QED) is 0.229. The number of alkyl halides is 1. The Morgan fingerprint density at radius 3 is 2.64 bits per heavy atom. The molecule has 0 aromatic rings. The van der Waals surface area contributed by atoms with Crippen LogP contribution in [-0.2, 0) is 23.9 Å². The molecule has 1 rings (SSSR count). The number of carbonyl (C=O) groups is 3. The number of aliphatic hydroxyl groups excluding tert-OH is 1. The first kappa shape index (κ1) is 23.5. The van der Waals surface area contributed by atoms with Gasteiger partial charge in [-0.25, -0.2) is 9.18 Å². The molecule has 1 heterocycles. The van der Waals surface area contributed by atoms with Gasteiger partial charge in [-0.1, -0.05) is 19.8 Å². The molecule has 0 bridgehead atoms. The normalized spacial score (nSPS) is 23.6. The number of hydrogen-bond donors (Lipinski definition) is 4. The highest BCUT2D eigenvalue weighted by atomic mass is 19.1. The standard InChI is InChI=1S/C18H27FN2O7/c1-3-4-5-6-14(24)27-9-12(23)15(19)17-16(21-10(2)22)11(8-20)7-13(28-17)18(25)26/h7-8,11-12,15-17,20,23H,3-6,9H2,1-2H3,(H,21,22)(H,25,26). The molecule has 4 N–H and O–H groups in total. The first-order chi connectivity index (χ1) is 13.2. The van der Waals surface area contributed by atoms with Crippen molar-refractivity contribution >= 4 is 24.1 Å². The molecule has 0 radical (unpaired) electrons. The van der Waals surface area contributed by atoms with Crippen LogP contribution in [0.1, 0.15) is 39.5 Å². The van der Waals surface area contributed by atoms with E-state index in [0.29, 0.717) is 6.42 Å². The summed E-state index contributed by atoms with van der Waals surface area (Å²) in [6, 6.07) is -1.11. The zero-order valence-corrected chi connectivity index (χ0v) is 15.9. The number of carbonyl (C=O) groups excluding carboxylic acids is 2. The maximum atomic E-state index is 14.9. The van der Waals surface area contributed by atoms with E-state index in [-0.39, 0.29) is 6.42 Å². The molecule has 0 spiro atoms. The van der Waals surface area contributed by atoms with Crippen molar-refractivity contribution in [2.75, 3.05) is 6.61 Å². The number of unbranched alkanes of at least 4 members (excludes halogenated alkanes) is 2. The number of halogens is 1. The Bertz CT molecular complexity index is 611. The molecule has 1 amide bonds. The summed E-state index contributed by atoms with van der Waals surface area (Å²) in [6.07, 6.45) is -1.10. The molecule has 1 aliphatic heterocycles. The smallest absolute Gasteiger partial charge is 0.370 e. The number of nitrogens with one attached hydrogen (secondary N) is 2. The van der Waals surface area contributed by atoms with E-state index in [2.05, 4.69) is 5.32 Å². The first-order valence-corrected chi connectivity index (χ1v) is 9.08. The molecule has 0 aromatic carbocycles. The lowest BCUT2D eigenvalue weighted by atomic mass is 9.88. The molecule has 5 atom stereocenters. The van der Waals surface area contributed by atoms with Crippen molar-refractivity contribution in [3.63, 3.8) is 0 Å². The molecule has 0 aliphatic carbocycles. The van der Waals surface area contributed by atoms with Crippen LogP contribution in [0.2, 0.25) is 0 Å². The Labute approximate surface area is 162 Å². The Hall–Kier alpha value is -2.49. The lowest BCUT2D eigenvalue weighted by molar-refractivity contribution is -0.151. The van der Waals surface area contributed by atoms with Crippen LogP contribution >= 0.6 is 0 Å². The minimum atomic E-state index is -2.18. The van der Waals surface area contributed by atoms with Crippen molar-refractivity contribution in [3.8, 4) is 0 Å². The van der Waals surface area contributed by atoms with Gasteiger partial charge >= 0.3 is 11.9 Å². The minimum Gasteiger partial charge on any atom is -0.478 e. The molecule has 0 fully saturated rings. The van der Waals surface area contributed by atoms with Gasteiger partial charge < -0.3 is 30.4 Å². The van der Waals surface area contributed by atoms with Crippen LogP contribution in [0, 0.1) is 11.3 Å². The van der Waals surface area contributed by atoms with E-state index in [1.165, 1.54) is 6.92 Å². The van der Waals surface area contributed by atoms with Gasteiger partial charge in [-0.15, -0.1) is 0 Å². The molecule has 9 nitrogen and oxygen atoms in total. The molecule has 0 saturated carbocycles. The molecule has 1 aliphatic rings. The van der Waals surface area contributed by atoms with Crippen LogP contribution in [0.3, 0.4) is 0 Å². The van der Waals surface area contributed by atoms with Crippen molar-refractivity contribution in [2.24, 2.45) is 5.92 Å². The first-order valence-electron chi connectivity index (χ1n) is 9.08. The van der Waals surface area contributed by atoms with Crippen molar-refractivity contribution in [1.29, 1.82) is 5.41 Å². The van der Waals surface area contributed by atoms with Gasteiger partial charge in [0.2, 0.25) is 11.7 Å². The molecular formula is C18H27FN2O7. The van der Waals surface area contributed by atoms with Gasteiger partial charge in [-0.3, -0.25) is 9.59 Å². The number of carboxylic acid groups (broad SMARTS) is 1. The third kappa shape index (κ3) is 6.91. The van der Waals surface area contributed by atoms with E-state index in [1.54, 1.807) is 0 Å². The Kier molecular flexibility index (Phi) is 9.57. The van der Waals surface area contributed by atoms with Gasteiger partial charge in [0.1, 0.15) is 12.7 Å². The number of rotatable bonds is 11. The van der Waals surface area contributed by atoms with E-state index < -0.39 is 60.6 Å². The zero-order valence-electron chi connectivity index (χ0n) is 15.9. The third-order valence-electron chi connectivity index (χ3n) is 4.23. The highest BCUT2D eigenvalue weighted by molar-refractivity contribution is 5.86. The van der Waals surface area contributed by atoms with Crippen LogP contribution in [0.25, 0.3) is 0 Å². The second kappa shape index (κ2) is 11.4. The van der Waals surface area contributed by atoms with E-state index in [1.807, 2.05) is 6.92 Å². The Balaban J connectivity index is 2.84. The van der Waals surface area contributed by atoms with Crippen molar-refractivity contribution in [1.82, 2.24) is 5.32 Å². The third-order valence-corrected chi connectivity index (χ3v) is 4.23. The predicted octanol–water partition coefficient (Wildman–Crippen LogP) is 0.947. The average Bonchev–Trinajstić information content (AvgIpc) is 2.65. The topological polar surface area (TPSA) is 146 Å². The fourth-order valence-corrected chi connectivity index (χ4v) is 2.79. The number of ether oxygens (including phenoxy) is 2. The van der Waals surface area contributed by atoms with E-state index in [0.717, 1.165) is 25.1 Å². The number of carboxylic acids is 1. The number of hydrogen-bond acceptors (Lipinski definition) is 7. The van der Waals surface area contributed by atoms with Crippen molar-refractivity contribution in [2.45, 2.75) is 64.0 Å². The lowest BCUT2D eigenvalue weighted by Crippen LogP contribution is -2.57.